The number of thioether (sulfide) groups is 1. The van der Waals surface area contributed by atoms with Crippen LogP contribution in [0.5, 0.6) is 0 Å². The second-order valence-electron chi connectivity index (χ2n) is 7.94. The highest BCUT2D eigenvalue weighted by Crippen LogP contribution is 2.37. The second-order valence-corrected chi connectivity index (χ2v) is 8.72. The Balaban J connectivity index is 1.54. The molecule has 1 saturated heterocycles. The van der Waals surface area contributed by atoms with Gasteiger partial charge in [0, 0.05) is 45.8 Å². The molecule has 1 aromatic carbocycles. The van der Waals surface area contributed by atoms with E-state index >= 15 is 0 Å². The Hall–Kier alpha value is -1.55. The highest BCUT2D eigenvalue weighted by atomic mass is 32.2. The molecule has 1 heterocycles. The van der Waals surface area contributed by atoms with Gasteiger partial charge in [0.1, 0.15) is 0 Å². The topological polar surface area (TPSA) is 51.9 Å². The van der Waals surface area contributed by atoms with E-state index in [1.54, 1.807) is 11.8 Å². The zero-order valence-electron chi connectivity index (χ0n) is 17.4. The van der Waals surface area contributed by atoms with E-state index in [1.165, 1.54) is 24.0 Å². The van der Waals surface area contributed by atoms with Crippen molar-refractivity contribution < 1.29 is 4.74 Å². The number of aryl methyl sites for hydroxylation is 1. The first kappa shape index (κ1) is 21.2. The van der Waals surface area contributed by atoms with Crippen LogP contribution in [0, 0.1) is 18.4 Å². The van der Waals surface area contributed by atoms with E-state index < -0.39 is 0 Å². The zero-order valence-corrected chi connectivity index (χ0v) is 18.2. The Bertz CT molecular complexity index is 713. The summed E-state index contributed by atoms with van der Waals surface area (Å²) in [7, 11) is 1.88. The summed E-state index contributed by atoms with van der Waals surface area (Å²) in [5.41, 5.74) is 2.76. The van der Waals surface area contributed by atoms with Gasteiger partial charge in [-0.25, -0.2) is 0 Å². The molecule has 0 amide bonds. The standard InChI is InChI=1S/C22H32N4OS/c1-18-6-4-5-7-19(18)16-22(27-2)10-8-20(9-11-22)25-12-14-26(15-13-25)21(28-3)24-17-23/h4-7,20H,8-16H2,1-3H3. The third-order valence-electron chi connectivity index (χ3n) is 6.50. The Morgan fingerprint density at radius 3 is 2.50 bits per heavy atom. The maximum Gasteiger partial charge on any atom is 0.208 e. The average molecular weight is 401 g/mol. The Kier molecular flexibility index (Phi) is 7.39. The molecule has 2 fully saturated rings. The largest absolute Gasteiger partial charge is 0.378 e. The van der Waals surface area contributed by atoms with Gasteiger partial charge in [0.05, 0.1) is 5.60 Å². The number of ether oxygens (including phenoxy) is 1. The SMILES string of the molecule is COC1(Cc2ccccc2C)CCC(N2CCN(C(=NC#N)SC)CC2)CC1. The highest BCUT2D eigenvalue weighted by molar-refractivity contribution is 8.13. The van der Waals surface area contributed by atoms with Gasteiger partial charge in [-0.15, -0.1) is 4.99 Å². The van der Waals surface area contributed by atoms with Crippen LogP contribution in [0.4, 0.5) is 0 Å². The summed E-state index contributed by atoms with van der Waals surface area (Å²) in [4.78, 5) is 8.83. The molecule has 0 aromatic heterocycles. The lowest BCUT2D eigenvalue weighted by atomic mass is 9.77. The third-order valence-corrected chi connectivity index (χ3v) is 7.22. The predicted octanol–water partition coefficient (Wildman–Crippen LogP) is 3.68. The molecule has 1 aliphatic carbocycles. The molecule has 0 unspecified atom stereocenters. The number of benzene rings is 1. The van der Waals surface area contributed by atoms with Gasteiger partial charge in [-0.3, -0.25) is 4.90 Å². The maximum atomic E-state index is 8.85. The summed E-state index contributed by atoms with van der Waals surface area (Å²) in [5.74, 6) is 0. The summed E-state index contributed by atoms with van der Waals surface area (Å²) < 4.78 is 6.09. The summed E-state index contributed by atoms with van der Waals surface area (Å²) >= 11 is 1.56. The highest BCUT2D eigenvalue weighted by Gasteiger charge is 2.38. The maximum absolute atomic E-state index is 8.85. The monoisotopic (exact) mass is 400 g/mol. The van der Waals surface area contributed by atoms with E-state index in [0.29, 0.717) is 6.04 Å². The molecule has 6 heteroatoms. The van der Waals surface area contributed by atoms with E-state index in [2.05, 4.69) is 46.0 Å². The number of amidine groups is 1. The molecule has 28 heavy (non-hydrogen) atoms. The quantitative estimate of drug-likeness (QED) is 0.438. The second kappa shape index (κ2) is 9.78. The number of hydrogen-bond acceptors (Lipinski definition) is 5. The van der Waals surface area contributed by atoms with Crippen LogP contribution in [0.2, 0.25) is 0 Å². The molecular weight excluding hydrogens is 368 g/mol. The predicted molar refractivity (Wildman–Crippen MR) is 117 cm³/mol. The molecule has 1 aromatic rings. The number of aliphatic imine (C=N–C) groups is 1. The van der Waals surface area contributed by atoms with Crippen molar-refractivity contribution in [2.75, 3.05) is 39.5 Å². The van der Waals surface area contributed by atoms with Crippen molar-refractivity contribution in [3.8, 4) is 6.19 Å². The van der Waals surface area contributed by atoms with E-state index in [4.69, 9.17) is 10.00 Å². The zero-order chi connectivity index (χ0) is 20.0. The number of rotatable bonds is 4. The first-order chi connectivity index (χ1) is 13.6. The number of nitrogens with zero attached hydrogens (tertiary/aromatic N) is 4. The fourth-order valence-corrected chi connectivity index (χ4v) is 5.24. The summed E-state index contributed by atoms with van der Waals surface area (Å²) in [5, 5.41) is 9.70. The number of methoxy groups -OCH3 is 1. The minimum atomic E-state index is -0.0179. The van der Waals surface area contributed by atoms with Crippen LogP contribution >= 0.6 is 11.8 Å². The molecule has 152 valence electrons. The van der Waals surface area contributed by atoms with Gasteiger partial charge < -0.3 is 9.64 Å². The molecule has 1 aliphatic heterocycles. The summed E-state index contributed by atoms with van der Waals surface area (Å²) in [6, 6.07) is 9.33. The van der Waals surface area contributed by atoms with E-state index in [-0.39, 0.29) is 5.60 Å². The lowest BCUT2D eigenvalue weighted by molar-refractivity contribution is -0.0576. The van der Waals surface area contributed by atoms with Crippen molar-refractivity contribution in [1.82, 2.24) is 9.80 Å². The number of piperazine rings is 1. The average Bonchev–Trinajstić information content (AvgIpc) is 2.74. The van der Waals surface area contributed by atoms with Crippen molar-refractivity contribution in [3.63, 3.8) is 0 Å². The molecule has 2 aliphatic rings. The van der Waals surface area contributed by atoms with Crippen molar-refractivity contribution in [2.24, 2.45) is 4.99 Å². The normalized spacial score (nSPS) is 26.9. The van der Waals surface area contributed by atoms with E-state index in [1.807, 2.05) is 19.6 Å². The van der Waals surface area contributed by atoms with Crippen molar-refractivity contribution in [1.29, 1.82) is 5.26 Å². The van der Waals surface area contributed by atoms with Crippen LogP contribution in [0.3, 0.4) is 0 Å². The van der Waals surface area contributed by atoms with Gasteiger partial charge in [0.15, 0.2) is 5.17 Å². The van der Waals surface area contributed by atoms with Crippen LogP contribution in [-0.2, 0) is 11.2 Å². The van der Waals surface area contributed by atoms with E-state index in [9.17, 15) is 0 Å². The fourth-order valence-electron chi connectivity index (χ4n) is 4.67. The molecule has 3 rings (SSSR count). The van der Waals surface area contributed by atoms with Crippen LogP contribution < -0.4 is 0 Å². The lowest BCUT2D eigenvalue weighted by Crippen LogP contribution is -2.53. The van der Waals surface area contributed by atoms with Gasteiger partial charge in [-0.05, 0) is 50.0 Å². The summed E-state index contributed by atoms with van der Waals surface area (Å²) in [6.45, 7) is 6.20. The molecular formula is C22H32N4OS. The fraction of sp³-hybridized carbons (Fsp3) is 0.636. The molecule has 1 saturated carbocycles. The first-order valence-electron chi connectivity index (χ1n) is 10.2. The van der Waals surface area contributed by atoms with E-state index in [0.717, 1.165) is 50.6 Å². The minimum absolute atomic E-state index is 0.0179. The molecule has 0 N–H and O–H groups in total. The Morgan fingerprint density at radius 2 is 1.93 bits per heavy atom. The molecule has 0 bridgehead atoms. The number of hydrogen-bond donors (Lipinski definition) is 0. The van der Waals surface area contributed by atoms with Crippen LogP contribution in [-0.4, -0.2) is 66.2 Å². The summed E-state index contributed by atoms with van der Waals surface area (Å²) in [6.07, 6.45) is 9.56. The van der Waals surface area contributed by atoms with Gasteiger partial charge in [0.25, 0.3) is 0 Å². The lowest BCUT2D eigenvalue weighted by Gasteiger charge is -2.45. The van der Waals surface area contributed by atoms with Crippen molar-refractivity contribution in [3.05, 3.63) is 35.4 Å². The van der Waals surface area contributed by atoms with Crippen LogP contribution in [0.15, 0.2) is 29.3 Å². The molecule has 0 spiro atoms. The minimum Gasteiger partial charge on any atom is -0.378 e. The molecule has 0 radical (unpaired) electrons. The first-order valence-corrected chi connectivity index (χ1v) is 11.4. The smallest absolute Gasteiger partial charge is 0.208 e. The van der Waals surface area contributed by atoms with Gasteiger partial charge in [-0.1, -0.05) is 36.0 Å². The molecule has 5 nitrogen and oxygen atoms in total. The van der Waals surface area contributed by atoms with Gasteiger partial charge >= 0.3 is 0 Å². The van der Waals surface area contributed by atoms with Crippen LogP contribution in [0.1, 0.15) is 36.8 Å². The van der Waals surface area contributed by atoms with Gasteiger partial charge in [0.2, 0.25) is 6.19 Å². The number of nitriles is 1. The Labute approximate surface area is 173 Å². The third kappa shape index (κ3) is 4.89. The van der Waals surface area contributed by atoms with Crippen molar-refractivity contribution in [2.45, 2.75) is 50.7 Å². The molecule has 0 atom stereocenters. The van der Waals surface area contributed by atoms with Crippen molar-refractivity contribution >= 4 is 16.9 Å². The Morgan fingerprint density at radius 1 is 1.25 bits per heavy atom. The van der Waals surface area contributed by atoms with Gasteiger partial charge in [-0.2, -0.15) is 5.26 Å². The van der Waals surface area contributed by atoms with Crippen LogP contribution in [0.25, 0.3) is 0 Å².